The molecule has 1 rings (SSSR count). The zero-order valence-corrected chi connectivity index (χ0v) is 8.49. The summed E-state index contributed by atoms with van der Waals surface area (Å²) in [6, 6.07) is 5.16. The molecule has 0 fully saturated rings. The van der Waals surface area contributed by atoms with Crippen LogP contribution in [0, 0.1) is 5.82 Å². The summed E-state index contributed by atoms with van der Waals surface area (Å²) in [7, 11) is 0. The third kappa shape index (κ3) is 2.57. The van der Waals surface area contributed by atoms with Crippen molar-refractivity contribution in [2.24, 2.45) is 0 Å². The van der Waals surface area contributed by atoms with Crippen LogP contribution in [0.4, 0.5) is 4.39 Å². The molecule has 0 aliphatic carbocycles. The summed E-state index contributed by atoms with van der Waals surface area (Å²) in [4.78, 5) is 0. The Balaban J connectivity index is 2.69. The molecule has 0 radical (unpaired) electrons. The predicted octanol–water partition coefficient (Wildman–Crippen LogP) is 2.70. The number of hydrogen-bond acceptors (Lipinski definition) is 1. The van der Waals surface area contributed by atoms with Crippen LogP contribution in [0.25, 0.3) is 0 Å². The first kappa shape index (κ1) is 9.68. The molecule has 0 aliphatic heterocycles. The Labute approximate surface area is 80.1 Å². The van der Waals surface area contributed by atoms with Crippen LogP contribution in [-0.2, 0) is 6.54 Å². The van der Waals surface area contributed by atoms with Gasteiger partial charge in [0.1, 0.15) is 5.82 Å². The second-order valence-corrected chi connectivity index (χ2v) is 3.38. The molecule has 0 saturated heterocycles. The summed E-state index contributed by atoms with van der Waals surface area (Å²) in [5.41, 5.74) is 0.970. The molecule has 0 unspecified atom stereocenters. The van der Waals surface area contributed by atoms with Gasteiger partial charge in [0.05, 0.1) is 4.47 Å². The van der Waals surface area contributed by atoms with Crippen LogP contribution < -0.4 is 5.32 Å². The normalized spacial score (nSPS) is 10.2. The van der Waals surface area contributed by atoms with Crippen LogP contribution in [-0.4, -0.2) is 6.54 Å². The van der Waals surface area contributed by atoms with Gasteiger partial charge in [-0.1, -0.05) is 13.0 Å². The zero-order valence-electron chi connectivity index (χ0n) is 6.90. The van der Waals surface area contributed by atoms with Crippen molar-refractivity contribution in [2.75, 3.05) is 6.54 Å². The Morgan fingerprint density at radius 2 is 2.25 bits per heavy atom. The average Bonchev–Trinajstić information content (AvgIpc) is 2.07. The monoisotopic (exact) mass is 231 g/mol. The molecule has 1 aromatic rings. The van der Waals surface area contributed by atoms with E-state index in [0.717, 1.165) is 18.7 Å². The highest BCUT2D eigenvalue weighted by molar-refractivity contribution is 9.10. The molecule has 0 atom stereocenters. The largest absolute Gasteiger partial charge is 0.313 e. The smallest absolute Gasteiger partial charge is 0.137 e. The molecule has 1 aromatic carbocycles. The Hall–Kier alpha value is -0.410. The van der Waals surface area contributed by atoms with E-state index in [9.17, 15) is 4.39 Å². The number of nitrogens with one attached hydrogen (secondary N) is 1. The topological polar surface area (TPSA) is 12.0 Å². The van der Waals surface area contributed by atoms with E-state index in [1.807, 2.05) is 13.0 Å². The Bertz CT molecular complexity index is 263. The molecule has 0 bridgehead atoms. The molecule has 66 valence electrons. The summed E-state index contributed by atoms with van der Waals surface area (Å²) in [5, 5.41) is 3.13. The molecule has 12 heavy (non-hydrogen) atoms. The first-order valence-electron chi connectivity index (χ1n) is 3.88. The van der Waals surface area contributed by atoms with E-state index < -0.39 is 0 Å². The van der Waals surface area contributed by atoms with Gasteiger partial charge in [0.25, 0.3) is 0 Å². The lowest BCUT2D eigenvalue weighted by molar-refractivity contribution is 0.615. The van der Waals surface area contributed by atoms with E-state index in [2.05, 4.69) is 21.2 Å². The lowest BCUT2D eigenvalue weighted by Gasteiger charge is -2.02. The van der Waals surface area contributed by atoms with Crippen LogP contribution in [0.2, 0.25) is 0 Å². The van der Waals surface area contributed by atoms with E-state index in [-0.39, 0.29) is 5.82 Å². The quantitative estimate of drug-likeness (QED) is 0.844. The maximum absolute atomic E-state index is 12.9. The van der Waals surface area contributed by atoms with Crippen LogP contribution in [0.15, 0.2) is 22.7 Å². The van der Waals surface area contributed by atoms with Crippen molar-refractivity contribution in [1.82, 2.24) is 5.32 Å². The summed E-state index contributed by atoms with van der Waals surface area (Å²) < 4.78 is 13.4. The van der Waals surface area contributed by atoms with Gasteiger partial charge in [0.2, 0.25) is 0 Å². The lowest BCUT2D eigenvalue weighted by atomic mass is 10.2. The fraction of sp³-hybridized carbons (Fsp3) is 0.333. The third-order valence-corrected chi connectivity index (χ3v) is 2.21. The minimum Gasteiger partial charge on any atom is -0.313 e. The van der Waals surface area contributed by atoms with Gasteiger partial charge in [0, 0.05) is 6.54 Å². The molecule has 0 aliphatic rings. The summed E-state index contributed by atoms with van der Waals surface area (Å²) in [6.07, 6.45) is 0. The lowest BCUT2D eigenvalue weighted by Crippen LogP contribution is -2.11. The van der Waals surface area contributed by atoms with Crippen molar-refractivity contribution < 1.29 is 4.39 Å². The Morgan fingerprint density at radius 1 is 1.50 bits per heavy atom. The molecule has 3 heteroatoms. The van der Waals surface area contributed by atoms with Gasteiger partial charge < -0.3 is 5.32 Å². The number of hydrogen-bond donors (Lipinski definition) is 1. The summed E-state index contributed by atoms with van der Waals surface area (Å²) >= 11 is 3.10. The van der Waals surface area contributed by atoms with Crippen molar-refractivity contribution >= 4 is 15.9 Å². The third-order valence-electron chi connectivity index (χ3n) is 1.56. The Kier molecular flexibility index (Phi) is 3.69. The van der Waals surface area contributed by atoms with E-state index >= 15 is 0 Å². The first-order valence-corrected chi connectivity index (χ1v) is 4.68. The van der Waals surface area contributed by atoms with Gasteiger partial charge in [0.15, 0.2) is 0 Å². The van der Waals surface area contributed by atoms with Crippen molar-refractivity contribution in [3.05, 3.63) is 34.1 Å². The van der Waals surface area contributed by atoms with Gasteiger partial charge in [-0.25, -0.2) is 4.39 Å². The summed E-state index contributed by atoms with van der Waals surface area (Å²) in [5.74, 6) is -0.203. The van der Waals surface area contributed by atoms with Gasteiger partial charge in [-0.3, -0.25) is 0 Å². The zero-order chi connectivity index (χ0) is 8.97. The maximum Gasteiger partial charge on any atom is 0.137 e. The van der Waals surface area contributed by atoms with Crippen LogP contribution in [0.3, 0.4) is 0 Å². The molecule has 1 nitrogen and oxygen atoms in total. The highest BCUT2D eigenvalue weighted by atomic mass is 79.9. The SMILES string of the molecule is CCNCc1ccc(Br)c(F)c1. The standard InChI is InChI=1S/C9H11BrFN/c1-2-12-6-7-3-4-8(10)9(11)5-7/h3-5,12H,2,6H2,1H3. The second kappa shape index (κ2) is 4.58. The Morgan fingerprint density at radius 3 is 2.83 bits per heavy atom. The van der Waals surface area contributed by atoms with Crippen LogP contribution in [0.5, 0.6) is 0 Å². The fourth-order valence-corrected chi connectivity index (χ4v) is 1.17. The molecule has 1 N–H and O–H groups in total. The molecule has 0 aromatic heterocycles. The number of benzene rings is 1. The van der Waals surface area contributed by atoms with Crippen LogP contribution >= 0.6 is 15.9 Å². The first-order chi connectivity index (χ1) is 5.74. The number of rotatable bonds is 3. The fourth-order valence-electron chi connectivity index (χ4n) is 0.919. The minimum atomic E-state index is -0.203. The predicted molar refractivity (Wildman–Crippen MR) is 51.5 cm³/mol. The van der Waals surface area contributed by atoms with Crippen molar-refractivity contribution in [2.45, 2.75) is 13.5 Å². The average molecular weight is 232 g/mol. The molecule has 0 amide bonds. The molecular weight excluding hydrogens is 221 g/mol. The maximum atomic E-state index is 12.9. The minimum absolute atomic E-state index is 0.203. The van der Waals surface area contributed by atoms with E-state index in [0.29, 0.717) is 4.47 Å². The van der Waals surface area contributed by atoms with E-state index in [1.54, 1.807) is 6.07 Å². The van der Waals surface area contributed by atoms with Gasteiger partial charge in [-0.2, -0.15) is 0 Å². The van der Waals surface area contributed by atoms with E-state index in [4.69, 9.17) is 0 Å². The van der Waals surface area contributed by atoms with Crippen molar-refractivity contribution in [1.29, 1.82) is 0 Å². The highest BCUT2D eigenvalue weighted by Gasteiger charge is 1.98. The van der Waals surface area contributed by atoms with Gasteiger partial charge in [-0.05, 0) is 40.2 Å². The van der Waals surface area contributed by atoms with Gasteiger partial charge >= 0.3 is 0 Å². The highest BCUT2D eigenvalue weighted by Crippen LogP contribution is 2.15. The molecular formula is C9H11BrFN. The molecule has 0 heterocycles. The molecule has 0 spiro atoms. The van der Waals surface area contributed by atoms with Gasteiger partial charge in [-0.15, -0.1) is 0 Å². The van der Waals surface area contributed by atoms with Crippen molar-refractivity contribution in [3.63, 3.8) is 0 Å². The second-order valence-electron chi connectivity index (χ2n) is 2.53. The van der Waals surface area contributed by atoms with Crippen LogP contribution in [0.1, 0.15) is 12.5 Å². The summed E-state index contributed by atoms with van der Waals surface area (Å²) in [6.45, 7) is 3.65. The van der Waals surface area contributed by atoms with E-state index in [1.165, 1.54) is 6.07 Å². The molecule has 0 saturated carbocycles. The number of halogens is 2. The van der Waals surface area contributed by atoms with Crippen molar-refractivity contribution in [3.8, 4) is 0 Å².